The summed E-state index contributed by atoms with van der Waals surface area (Å²) in [5.41, 5.74) is 1.61. The van der Waals surface area contributed by atoms with E-state index in [1.54, 1.807) is 60.8 Å². The minimum absolute atomic E-state index is 0.179. The molecular formula is C22H16BrN5O3. The van der Waals surface area contributed by atoms with E-state index in [1.165, 1.54) is 10.8 Å². The largest absolute Gasteiger partial charge is 0.325 e. The zero-order valence-corrected chi connectivity index (χ0v) is 17.7. The third-order valence-corrected chi connectivity index (χ3v) is 4.90. The van der Waals surface area contributed by atoms with Crippen LogP contribution >= 0.6 is 15.9 Å². The van der Waals surface area contributed by atoms with Crippen LogP contribution in [-0.2, 0) is 11.3 Å². The molecule has 0 unspecified atom stereocenters. The maximum Gasteiger partial charge on any atom is 0.269 e. The number of para-hydroxylation sites is 2. The molecule has 0 fully saturated rings. The molecular weight excluding hydrogens is 462 g/mol. The molecule has 0 aliphatic heterocycles. The smallest absolute Gasteiger partial charge is 0.269 e. The summed E-state index contributed by atoms with van der Waals surface area (Å²) in [7, 11) is 0. The number of carbonyl (C=O) groups excluding carboxylic acids is 2. The lowest BCUT2D eigenvalue weighted by molar-refractivity contribution is -0.116. The van der Waals surface area contributed by atoms with Gasteiger partial charge in [-0.2, -0.15) is 0 Å². The van der Waals surface area contributed by atoms with Crippen molar-refractivity contribution in [1.82, 2.24) is 14.5 Å². The normalized spacial score (nSPS) is 10.6. The molecule has 0 spiro atoms. The second-order valence-electron chi connectivity index (χ2n) is 6.62. The Hall–Kier alpha value is -3.85. The molecule has 0 saturated carbocycles. The molecule has 0 saturated heterocycles. The number of anilines is 2. The summed E-state index contributed by atoms with van der Waals surface area (Å²) in [6.07, 6.45) is 2.77. The first-order valence-electron chi connectivity index (χ1n) is 9.27. The Labute approximate surface area is 185 Å². The molecule has 0 radical (unpaired) electrons. The lowest BCUT2D eigenvalue weighted by Gasteiger charge is -2.11. The van der Waals surface area contributed by atoms with Gasteiger partial charge in [0.15, 0.2) is 0 Å². The van der Waals surface area contributed by atoms with Crippen molar-refractivity contribution in [1.29, 1.82) is 0 Å². The van der Waals surface area contributed by atoms with Crippen molar-refractivity contribution in [2.24, 2.45) is 0 Å². The number of aromatic nitrogens is 3. The molecule has 0 atom stereocenters. The molecule has 4 aromatic rings. The van der Waals surface area contributed by atoms with E-state index in [-0.39, 0.29) is 18.0 Å². The number of halogens is 1. The second kappa shape index (κ2) is 8.88. The van der Waals surface area contributed by atoms with Crippen LogP contribution in [0.25, 0.3) is 11.0 Å². The molecule has 2 amide bonds. The van der Waals surface area contributed by atoms with Gasteiger partial charge in [-0.05, 0) is 58.4 Å². The van der Waals surface area contributed by atoms with Gasteiger partial charge in [-0.1, -0.05) is 18.2 Å². The molecule has 31 heavy (non-hydrogen) atoms. The molecule has 0 aliphatic rings. The van der Waals surface area contributed by atoms with Gasteiger partial charge in [0.1, 0.15) is 12.4 Å². The van der Waals surface area contributed by atoms with Crippen molar-refractivity contribution in [3.8, 4) is 0 Å². The predicted molar refractivity (Wildman–Crippen MR) is 121 cm³/mol. The van der Waals surface area contributed by atoms with Crippen molar-refractivity contribution in [3.63, 3.8) is 0 Å². The van der Waals surface area contributed by atoms with Gasteiger partial charge in [0, 0.05) is 21.9 Å². The number of pyridine rings is 1. The number of fused-ring (bicyclic) bond motifs is 1. The van der Waals surface area contributed by atoms with E-state index >= 15 is 0 Å². The first kappa shape index (κ1) is 20.4. The van der Waals surface area contributed by atoms with E-state index in [2.05, 4.69) is 36.5 Å². The van der Waals surface area contributed by atoms with Crippen LogP contribution in [0, 0.1) is 0 Å². The fraction of sp³-hybridized carbons (Fsp3) is 0.0455. The minimum Gasteiger partial charge on any atom is -0.325 e. The highest BCUT2D eigenvalue weighted by molar-refractivity contribution is 9.10. The lowest BCUT2D eigenvalue weighted by Crippen LogP contribution is -2.28. The summed E-state index contributed by atoms with van der Waals surface area (Å²) in [6.45, 7) is -0.179. The summed E-state index contributed by atoms with van der Waals surface area (Å²) in [5.74, 6) is -0.348. The van der Waals surface area contributed by atoms with Gasteiger partial charge >= 0.3 is 0 Å². The minimum atomic E-state index is -0.398. The van der Waals surface area contributed by atoms with Gasteiger partial charge in [-0.25, -0.2) is 9.97 Å². The monoisotopic (exact) mass is 477 g/mol. The number of hydrogen-bond donors (Lipinski definition) is 2. The van der Waals surface area contributed by atoms with E-state index in [1.807, 2.05) is 6.07 Å². The summed E-state index contributed by atoms with van der Waals surface area (Å²) >= 11 is 3.29. The van der Waals surface area contributed by atoms with Crippen LogP contribution < -0.4 is 16.2 Å². The lowest BCUT2D eigenvalue weighted by atomic mass is 10.2. The fourth-order valence-corrected chi connectivity index (χ4v) is 3.23. The van der Waals surface area contributed by atoms with E-state index < -0.39 is 5.91 Å². The molecule has 2 aromatic heterocycles. The van der Waals surface area contributed by atoms with Crippen LogP contribution in [0.15, 0.2) is 82.3 Å². The van der Waals surface area contributed by atoms with Gasteiger partial charge in [-0.15, -0.1) is 0 Å². The Kier molecular flexibility index (Phi) is 5.85. The van der Waals surface area contributed by atoms with Crippen molar-refractivity contribution in [2.45, 2.75) is 6.54 Å². The van der Waals surface area contributed by atoms with Crippen LogP contribution in [0.5, 0.6) is 0 Å². The number of rotatable bonds is 5. The van der Waals surface area contributed by atoms with E-state index in [4.69, 9.17) is 0 Å². The third-order valence-electron chi connectivity index (χ3n) is 4.43. The maximum absolute atomic E-state index is 12.6. The van der Waals surface area contributed by atoms with Gasteiger partial charge in [0.25, 0.3) is 11.5 Å². The number of nitrogens with one attached hydrogen (secondary N) is 2. The third kappa shape index (κ3) is 4.84. The Balaban J connectivity index is 1.48. The summed E-state index contributed by atoms with van der Waals surface area (Å²) in [4.78, 5) is 45.5. The van der Waals surface area contributed by atoms with Gasteiger partial charge in [0.2, 0.25) is 5.91 Å². The van der Waals surface area contributed by atoms with Crippen LogP contribution in [0.4, 0.5) is 11.5 Å². The van der Waals surface area contributed by atoms with Crippen molar-refractivity contribution in [2.75, 3.05) is 10.6 Å². The first-order valence-corrected chi connectivity index (χ1v) is 10.1. The zero-order chi connectivity index (χ0) is 21.8. The average Bonchev–Trinajstić information content (AvgIpc) is 2.77. The Morgan fingerprint density at radius 1 is 0.935 bits per heavy atom. The summed E-state index contributed by atoms with van der Waals surface area (Å²) < 4.78 is 2.16. The Morgan fingerprint density at radius 3 is 2.58 bits per heavy atom. The first-order chi connectivity index (χ1) is 15.0. The number of carbonyl (C=O) groups is 2. The quantitative estimate of drug-likeness (QED) is 0.457. The molecule has 0 bridgehead atoms. The maximum atomic E-state index is 12.6. The topological polar surface area (TPSA) is 106 Å². The standard InChI is InChI=1S/C22H16BrN5O3/c23-15-8-9-19(25-11-15)27-22(31)14-4-3-5-16(10-14)26-20(29)13-28-18-7-2-1-6-17(18)24-12-21(28)30/h1-12H,13H2,(H,26,29)(H,25,27,31). The number of benzene rings is 2. The summed E-state index contributed by atoms with van der Waals surface area (Å²) in [6, 6.07) is 17.0. The molecule has 2 heterocycles. The van der Waals surface area contributed by atoms with Crippen molar-refractivity contribution in [3.05, 3.63) is 93.4 Å². The zero-order valence-electron chi connectivity index (χ0n) is 16.1. The molecule has 8 nitrogen and oxygen atoms in total. The van der Waals surface area contributed by atoms with E-state index in [9.17, 15) is 14.4 Å². The molecule has 9 heteroatoms. The molecule has 2 N–H and O–H groups in total. The molecule has 2 aromatic carbocycles. The van der Waals surface area contributed by atoms with Crippen molar-refractivity contribution >= 4 is 50.3 Å². The van der Waals surface area contributed by atoms with Gasteiger partial charge in [-0.3, -0.25) is 19.0 Å². The number of hydrogen-bond acceptors (Lipinski definition) is 5. The van der Waals surface area contributed by atoms with Crippen LogP contribution in [0.2, 0.25) is 0 Å². The number of nitrogens with zero attached hydrogens (tertiary/aromatic N) is 3. The van der Waals surface area contributed by atoms with Crippen LogP contribution in [0.1, 0.15) is 10.4 Å². The van der Waals surface area contributed by atoms with Gasteiger partial charge < -0.3 is 10.6 Å². The average molecular weight is 478 g/mol. The number of amides is 2. The van der Waals surface area contributed by atoms with Crippen LogP contribution in [0.3, 0.4) is 0 Å². The predicted octanol–water partition coefficient (Wildman–Crippen LogP) is 3.45. The fourth-order valence-electron chi connectivity index (χ4n) is 3.00. The SMILES string of the molecule is O=C(Cn1c(=O)cnc2ccccc21)Nc1cccc(C(=O)Nc2ccc(Br)cn2)c1. The van der Waals surface area contributed by atoms with E-state index in [0.717, 1.165) is 4.47 Å². The van der Waals surface area contributed by atoms with Crippen LogP contribution in [-0.4, -0.2) is 26.3 Å². The highest BCUT2D eigenvalue weighted by Crippen LogP contribution is 2.15. The van der Waals surface area contributed by atoms with E-state index in [0.29, 0.717) is 28.1 Å². The van der Waals surface area contributed by atoms with Crippen molar-refractivity contribution < 1.29 is 9.59 Å². The molecule has 154 valence electrons. The summed E-state index contributed by atoms with van der Waals surface area (Å²) in [5, 5.41) is 5.43. The molecule has 4 rings (SSSR count). The Morgan fingerprint density at radius 2 is 1.77 bits per heavy atom. The highest BCUT2D eigenvalue weighted by Gasteiger charge is 2.11. The Bertz CT molecular complexity index is 1340. The highest BCUT2D eigenvalue weighted by atomic mass is 79.9. The van der Waals surface area contributed by atoms with Gasteiger partial charge in [0.05, 0.1) is 17.2 Å². The molecule has 0 aliphatic carbocycles. The second-order valence-corrected chi connectivity index (χ2v) is 7.53.